The highest BCUT2D eigenvalue weighted by atomic mass is 16.5. The van der Waals surface area contributed by atoms with Crippen molar-refractivity contribution in [3.05, 3.63) is 59.7 Å². The van der Waals surface area contributed by atoms with Gasteiger partial charge in [0.15, 0.2) is 0 Å². The van der Waals surface area contributed by atoms with Gasteiger partial charge in [-0.3, -0.25) is 9.59 Å². The Balaban J connectivity index is 2.01. The Bertz CT molecular complexity index is 867. The minimum absolute atomic E-state index is 0.0349. The Hall–Kier alpha value is -3.02. The van der Waals surface area contributed by atoms with Gasteiger partial charge in [0, 0.05) is 19.5 Å². The molecular weight excluding hydrogens is 416 g/mol. The molecule has 2 amide bonds. The van der Waals surface area contributed by atoms with Crippen LogP contribution in [0.4, 0.5) is 0 Å². The van der Waals surface area contributed by atoms with E-state index in [1.807, 2.05) is 56.3 Å². The summed E-state index contributed by atoms with van der Waals surface area (Å²) in [5, 5.41) is 3.00. The van der Waals surface area contributed by atoms with Gasteiger partial charge in [-0.2, -0.15) is 0 Å². The molecule has 6 nitrogen and oxygen atoms in total. The molecule has 0 fully saturated rings. The van der Waals surface area contributed by atoms with E-state index in [0.29, 0.717) is 39.0 Å². The van der Waals surface area contributed by atoms with Crippen molar-refractivity contribution in [2.45, 2.75) is 65.5 Å². The Labute approximate surface area is 198 Å². The third-order valence-corrected chi connectivity index (χ3v) is 5.51. The second-order valence-electron chi connectivity index (χ2n) is 8.21. The normalized spacial score (nSPS) is 11.5. The molecule has 6 heteroatoms. The lowest BCUT2D eigenvalue weighted by atomic mass is 10.1. The molecule has 2 aromatic carbocycles. The van der Waals surface area contributed by atoms with Crippen LogP contribution in [0, 0.1) is 6.92 Å². The van der Waals surface area contributed by atoms with E-state index in [4.69, 9.17) is 9.47 Å². The van der Waals surface area contributed by atoms with E-state index >= 15 is 0 Å². The Morgan fingerprint density at radius 3 is 2.39 bits per heavy atom. The molecule has 2 rings (SSSR count). The van der Waals surface area contributed by atoms with E-state index in [1.165, 1.54) is 0 Å². The lowest BCUT2D eigenvalue weighted by Crippen LogP contribution is -2.49. The van der Waals surface area contributed by atoms with Gasteiger partial charge >= 0.3 is 0 Å². The minimum Gasteiger partial charge on any atom is -0.497 e. The van der Waals surface area contributed by atoms with Crippen LogP contribution in [-0.4, -0.2) is 43.0 Å². The van der Waals surface area contributed by atoms with Crippen LogP contribution in [-0.2, 0) is 16.1 Å². The number of methoxy groups -OCH3 is 1. The minimum atomic E-state index is -0.489. The fraction of sp³-hybridized carbons (Fsp3) is 0.481. The first-order chi connectivity index (χ1) is 16.0. The molecule has 1 atom stereocenters. The van der Waals surface area contributed by atoms with Gasteiger partial charge in [0.2, 0.25) is 11.8 Å². The van der Waals surface area contributed by atoms with E-state index in [1.54, 1.807) is 12.0 Å². The smallest absolute Gasteiger partial charge is 0.242 e. The average Bonchev–Trinajstić information content (AvgIpc) is 2.82. The van der Waals surface area contributed by atoms with Crippen molar-refractivity contribution in [3.63, 3.8) is 0 Å². The Morgan fingerprint density at radius 1 is 1.03 bits per heavy atom. The number of carbonyl (C=O) groups excluding carboxylic acids is 2. The summed E-state index contributed by atoms with van der Waals surface area (Å²) in [6.45, 7) is 7.54. The van der Waals surface area contributed by atoms with E-state index in [2.05, 4.69) is 18.3 Å². The van der Waals surface area contributed by atoms with Crippen molar-refractivity contribution < 1.29 is 19.1 Å². The molecule has 1 N–H and O–H groups in total. The second kappa shape index (κ2) is 14.2. The Morgan fingerprint density at radius 2 is 1.76 bits per heavy atom. The molecule has 0 aliphatic heterocycles. The van der Waals surface area contributed by atoms with E-state index < -0.39 is 6.04 Å². The summed E-state index contributed by atoms with van der Waals surface area (Å²) in [6.07, 6.45) is 3.40. The van der Waals surface area contributed by atoms with Crippen LogP contribution in [0.3, 0.4) is 0 Å². The van der Waals surface area contributed by atoms with Gasteiger partial charge in [-0.25, -0.2) is 0 Å². The molecule has 0 aromatic heterocycles. The van der Waals surface area contributed by atoms with Gasteiger partial charge in [-0.1, -0.05) is 50.1 Å². The predicted molar refractivity (Wildman–Crippen MR) is 131 cm³/mol. The van der Waals surface area contributed by atoms with Gasteiger partial charge in [-0.05, 0) is 56.0 Å². The Kier molecular flexibility index (Phi) is 11.3. The first kappa shape index (κ1) is 26.2. The number of carbonyl (C=O) groups is 2. The van der Waals surface area contributed by atoms with Gasteiger partial charge in [0.05, 0.1) is 13.7 Å². The zero-order chi connectivity index (χ0) is 24.1. The lowest BCUT2D eigenvalue weighted by molar-refractivity contribution is -0.141. The quantitative estimate of drug-likeness (QED) is 0.413. The van der Waals surface area contributed by atoms with Gasteiger partial charge in [-0.15, -0.1) is 0 Å². The summed E-state index contributed by atoms with van der Waals surface area (Å²) in [6, 6.07) is 15.0. The number of unbranched alkanes of at least 4 members (excludes halogenated alkanes) is 1. The SMILES string of the molecule is CCCCNC(=O)[C@H](CC)N(Cc1cccc(C)c1)C(=O)CCCOc1ccc(OC)cc1. The lowest BCUT2D eigenvalue weighted by Gasteiger charge is -2.31. The zero-order valence-corrected chi connectivity index (χ0v) is 20.4. The van der Waals surface area contributed by atoms with E-state index in [-0.39, 0.29) is 11.8 Å². The number of aryl methyl sites for hydroxylation is 1. The number of benzene rings is 2. The third-order valence-electron chi connectivity index (χ3n) is 5.51. The first-order valence-electron chi connectivity index (χ1n) is 11.9. The molecule has 0 unspecified atom stereocenters. The number of rotatable bonds is 14. The molecule has 0 radical (unpaired) electrons. The van der Waals surface area contributed by atoms with Crippen LogP contribution in [0.25, 0.3) is 0 Å². The molecule has 0 aliphatic rings. The molecule has 0 bridgehead atoms. The molecule has 0 aliphatic carbocycles. The maximum atomic E-state index is 13.2. The van der Waals surface area contributed by atoms with Gasteiger partial charge in [0.1, 0.15) is 17.5 Å². The van der Waals surface area contributed by atoms with Gasteiger partial charge < -0.3 is 19.7 Å². The fourth-order valence-corrected chi connectivity index (χ4v) is 3.66. The number of ether oxygens (including phenoxy) is 2. The van der Waals surface area contributed by atoms with Crippen molar-refractivity contribution in [1.29, 1.82) is 0 Å². The molecule has 0 saturated heterocycles. The fourth-order valence-electron chi connectivity index (χ4n) is 3.66. The average molecular weight is 455 g/mol. The molecule has 180 valence electrons. The van der Waals surface area contributed by atoms with E-state index in [9.17, 15) is 9.59 Å². The summed E-state index contributed by atoms with van der Waals surface area (Å²) in [4.78, 5) is 27.8. The van der Waals surface area contributed by atoms with Gasteiger partial charge in [0.25, 0.3) is 0 Å². The summed E-state index contributed by atoms with van der Waals surface area (Å²) >= 11 is 0. The number of amides is 2. The molecule has 33 heavy (non-hydrogen) atoms. The van der Waals surface area contributed by atoms with Crippen molar-refractivity contribution in [2.75, 3.05) is 20.3 Å². The topological polar surface area (TPSA) is 67.9 Å². The molecule has 0 saturated carbocycles. The molecule has 0 heterocycles. The number of nitrogens with one attached hydrogen (secondary N) is 1. The maximum absolute atomic E-state index is 13.2. The zero-order valence-electron chi connectivity index (χ0n) is 20.4. The van der Waals surface area contributed by atoms with Crippen LogP contribution in [0.15, 0.2) is 48.5 Å². The van der Waals surface area contributed by atoms with Crippen LogP contribution in [0.5, 0.6) is 11.5 Å². The number of nitrogens with zero attached hydrogens (tertiary/aromatic N) is 1. The molecular formula is C27H38N2O4. The van der Waals surface area contributed by atoms with Crippen LogP contribution < -0.4 is 14.8 Å². The summed E-state index contributed by atoms with van der Waals surface area (Å²) in [5.41, 5.74) is 2.16. The van der Waals surface area contributed by atoms with Crippen molar-refractivity contribution in [1.82, 2.24) is 10.2 Å². The predicted octanol–water partition coefficient (Wildman–Crippen LogP) is 4.89. The maximum Gasteiger partial charge on any atom is 0.242 e. The van der Waals surface area contributed by atoms with Crippen LogP contribution in [0.2, 0.25) is 0 Å². The largest absolute Gasteiger partial charge is 0.497 e. The highest BCUT2D eigenvalue weighted by Gasteiger charge is 2.28. The van der Waals surface area contributed by atoms with Crippen molar-refractivity contribution in [2.24, 2.45) is 0 Å². The van der Waals surface area contributed by atoms with Crippen LogP contribution in [0.1, 0.15) is 57.1 Å². The number of hydrogen-bond acceptors (Lipinski definition) is 4. The van der Waals surface area contributed by atoms with Crippen LogP contribution >= 0.6 is 0 Å². The first-order valence-corrected chi connectivity index (χ1v) is 11.9. The standard InChI is InChI=1S/C27H38N2O4/c1-5-7-17-28-27(31)25(6-2)29(20-22-11-8-10-21(3)19-22)26(30)12-9-18-33-24-15-13-23(32-4)14-16-24/h8,10-11,13-16,19,25H,5-7,9,12,17-18,20H2,1-4H3,(H,28,31)/t25-/m0/s1. The summed E-state index contributed by atoms with van der Waals surface area (Å²) in [5.74, 6) is 1.39. The monoisotopic (exact) mass is 454 g/mol. The molecule has 0 spiro atoms. The van der Waals surface area contributed by atoms with Crippen molar-refractivity contribution in [3.8, 4) is 11.5 Å². The molecule has 2 aromatic rings. The number of hydrogen-bond donors (Lipinski definition) is 1. The summed E-state index contributed by atoms with van der Waals surface area (Å²) in [7, 11) is 1.62. The van der Waals surface area contributed by atoms with Crippen molar-refractivity contribution >= 4 is 11.8 Å². The van der Waals surface area contributed by atoms with E-state index in [0.717, 1.165) is 35.5 Å². The highest BCUT2D eigenvalue weighted by Crippen LogP contribution is 2.18. The highest BCUT2D eigenvalue weighted by molar-refractivity contribution is 5.87. The summed E-state index contributed by atoms with van der Waals surface area (Å²) < 4.78 is 10.9. The second-order valence-corrected chi connectivity index (χ2v) is 8.21. The third kappa shape index (κ3) is 8.79.